The monoisotopic (exact) mass is 276 g/mol. The molecule has 4 heteroatoms. The van der Waals surface area contributed by atoms with Crippen molar-refractivity contribution in [2.24, 2.45) is 0 Å². The quantitative estimate of drug-likeness (QED) is 0.904. The Labute approximate surface area is 116 Å². The number of piperidine rings is 1. The molecule has 0 aliphatic carbocycles. The summed E-state index contributed by atoms with van der Waals surface area (Å²) in [5.74, 6) is 0.430. The highest BCUT2D eigenvalue weighted by molar-refractivity contribution is 7.10. The van der Waals surface area contributed by atoms with Gasteiger partial charge < -0.3 is 5.32 Å². The summed E-state index contributed by atoms with van der Waals surface area (Å²) in [5.41, 5.74) is 2.66. The van der Waals surface area contributed by atoms with Gasteiger partial charge in [-0.25, -0.2) is 9.37 Å². The van der Waals surface area contributed by atoms with Crippen LogP contribution < -0.4 is 5.32 Å². The maximum atomic E-state index is 13.3. The van der Waals surface area contributed by atoms with Gasteiger partial charge in [-0.05, 0) is 56.6 Å². The van der Waals surface area contributed by atoms with Gasteiger partial charge in [0.1, 0.15) is 5.82 Å². The molecule has 0 spiro atoms. The molecule has 0 bridgehead atoms. The normalized spacial score (nSPS) is 16.7. The second-order valence-corrected chi connectivity index (χ2v) is 5.95. The first-order chi connectivity index (χ1) is 9.24. The van der Waals surface area contributed by atoms with Crippen LogP contribution in [0.4, 0.5) is 4.39 Å². The smallest absolute Gasteiger partial charge is 0.126 e. The minimum atomic E-state index is -0.155. The first-order valence-corrected chi connectivity index (χ1v) is 7.54. The molecular formula is C15H17FN2S. The summed E-state index contributed by atoms with van der Waals surface area (Å²) in [5, 5.41) is 6.68. The van der Waals surface area contributed by atoms with Gasteiger partial charge in [0.15, 0.2) is 0 Å². The highest BCUT2D eigenvalue weighted by Crippen LogP contribution is 2.31. The number of thiazole rings is 1. The van der Waals surface area contributed by atoms with Gasteiger partial charge in [0.05, 0.1) is 10.7 Å². The van der Waals surface area contributed by atoms with E-state index in [2.05, 4.69) is 10.7 Å². The van der Waals surface area contributed by atoms with Crippen LogP contribution in [0, 0.1) is 12.7 Å². The average molecular weight is 276 g/mol. The lowest BCUT2D eigenvalue weighted by Gasteiger charge is -2.20. The molecule has 0 saturated carbocycles. The Balaban J connectivity index is 1.85. The summed E-state index contributed by atoms with van der Waals surface area (Å²) in [6, 6.07) is 5.20. The molecule has 0 amide bonds. The van der Waals surface area contributed by atoms with Gasteiger partial charge in [0.2, 0.25) is 0 Å². The van der Waals surface area contributed by atoms with E-state index in [4.69, 9.17) is 4.98 Å². The molecule has 1 saturated heterocycles. The van der Waals surface area contributed by atoms with Crippen LogP contribution in [-0.4, -0.2) is 18.1 Å². The number of benzene rings is 1. The standard InChI is InChI=1S/C15H17FN2S/c1-10-8-12(2-3-13(10)16)14-9-19-15(18-14)11-4-6-17-7-5-11/h2-3,8-9,11,17H,4-7H2,1H3. The largest absolute Gasteiger partial charge is 0.317 e. The van der Waals surface area contributed by atoms with Crippen LogP contribution in [0.3, 0.4) is 0 Å². The van der Waals surface area contributed by atoms with E-state index in [1.807, 2.05) is 12.1 Å². The molecule has 1 aromatic heterocycles. The van der Waals surface area contributed by atoms with Crippen LogP contribution >= 0.6 is 11.3 Å². The van der Waals surface area contributed by atoms with Crippen LogP contribution in [0.2, 0.25) is 0 Å². The predicted molar refractivity (Wildman–Crippen MR) is 77.1 cm³/mol. The van der Waals surface area contributed by atoms with Gasteiger partial charge in [0, 0.05) is 16.9 Å². The first kappa shape index (κ1) is 12.8. The molecule has 19 heavy (non-hydrogen) atoms. The van der Waals surface area contributed by atoms with Crippen molar-refractivity contribution in [2.75, 3.05) is 13.1 Å². The minimum Gasteiger partial charge on any atom is -0.317 e. The van der Waals surface area contributed by atoms with Gasteiger partial charge in [0.25, 0.3) is 0 Å². The minimum absolute atomic E-state index is 0.155. The molecule has 0 atom stereocenters. The fourth-order valence-corrected chi connectivity index (χ4v) is 3.48. The summed E-state index contributed by atoms with van der Waals surface area (Å²) in [7, 11) is 0. The van der Waals surface area contributed by atoms with Crippen LogP contribution in [0.5, 0.6) is 0 Å². The summed E-state index contributed by atoms with van der Waals surface area (Å²) in [6.45, 7) is 3.95. The maximum absolute atomic E-state index is 13.3. The van der Waals surface area contributed by atoms with Gasteiger partial charge in [-0.15, -0.1) is 11.3 Å². The van der Waals surface area contributed by atoms with E-state index < -0.39 is 0 Å². The Hall–Kier alpha value is -1.26. The third-order valence-corrected chi connectivity index (χ3v) is 4.67. The van der Waals surface area contributed by atoms with Crippen molar-refractivity contribution in [3.63, 3.8) is 0 Å². The number of aryl methyl sites for hydroxylation is 1. The summed E-state index contributed by atoms with van der Waals surface area (Å²) >= 11 is 1.73. The zero-order valence-electron chi connectivity index (χ0n) is 10.9. The Morgan fingerprint density at radius 1 is 1.32 bits per heavy atom. The van der Waals surface area contributed by atoms with Crippen LogP contribution in [-0.2, 0) is 0 Å². The maximum Gasteiger partial charge on any atom is 0.126 e. The molecule has 1 N–H and O–H groups in total. The molecule has 1 aliphatic heterocycles. The molecule has 0 unspecified atom stereocenters. The van der Waals surface area contributed by atoms with E-state index in [1.54, 1.807) is 18.3 Å². The first-order valence-electron chi connectivity index (χ1n) is 6.67. The van der Waals surface area contributed by atoms with E-state index in [0.717, 1.165) is 37.2 Å². The van der Waals surface area contributed by atoms with E-state index in [9.17, 15) is 4.39 Å². The Morgan fingerprint density at radius 2 is 2.11 bits per heavy atom. The zero-order valence-corrected chi connectivity index (χ0v) is 11.8. The third kappa shape index (κ3) is 2.69. The molecule has 100 valence electrons. The van der Waals surface area contributed by atoms with Crippen molar-refractivity contribution in [3.05, 3.63) is 40.0 Å². The van der Waals surface area contributed by atoms with Gasteiger partial charge in [-0.1, -0.05) is 0 Å². The number of halogens is 1. The Kier molecular flexibility index (Phi) is 3.62. The third-order valence-electron chi connectivity index (χ3n) is 3.66. The van der Waals surface area contributed by atoms with Crippen LogP contribution in [0.1, 0.15) is 29.3 Å². The van der Waals surface area contributed by atoms with Gasteiger partial charge in [-0.2, -0.15) is 0 Å². The number of hydrogen-bond donors (Lipinski definition) is 1. The van der Waals surface area contributed by atoms with Crippen molar-refractivity contribution in [1.82, 2.24) is 10.3 Å². The van der Waals surface area contributed by atoms with E-state index >= 15 is 0 Å². The summed E-state index contributed by atoms with van der Waals surface area (Å²) in [4.78, 5) is 4.74. The van der Waals surface area contributed by atoms with Gasteiger partial charge >= 0.3 is 0 Å². The van der Waals surface area contributed by atoms with Crippen molar-refractivity contribution < 1.29 is 4.39 Å². The van der Waals surface area contributed by atoms with E-state index in [0.29, 0.717) is 11.5 Å². The molecule has 0 radical (unpaired) electrons. The molecule has 2 aromatic rings. The van der Waals surface area contributed by atoms with Crippen LogP contribution in [0.25, 0.3) is 11.3 Å². The number of hydrogen-bond acceptors (Lipinski definition) is 3. The number of rotatable bonds is 2. The highest BCUT2D eigenvalue weighted by Gasteiger charge is 2.18. The molecule has 1 aromatic carbocycles. The second kappa shape index (κ2) is 5.39. The summed E-state index contributed by atoms with van der Waals surface area (Å²) in [6.07, 6.45) is 2.32. The number of nitrogens with one attached hydrogen (secondary N) is 1. The van der Waals surface area contributed by atoms with Crippen molar-refractivity contribution >= 4 is 11.3 Å². The lowest BCUT2D eigenvalue weighted by molar-refractivity contribution is 0.459. The lowest BCUT2D eigenvalue weighted by atomic mass is 9.99. The second-order valence-electron chi connectivity index (χ2n) is 5.06. The Bertz CT molecular complexity index is 573. The molecule has 1 aliphatic rings. The molecule has 3 rings (SSSR count). The van der Waals surface area contributed by atoms with E-state index in [-0.39, 0.29) is 5.82 Å². The number of aromatic nitrogens is 1. The Morgan fingerprint density at radius 3 is 2.84 bits per heavy atom. The predicted octanol–water partition coefficient (Wildman–Crippen LogP) is 3.72. The van der Waals surface area contributed by atoms with Crippen molar-refractivity contribution in [2.45, 2.75) is 25.7 Å². The molecular weight excluding hydrogens is 259 g/mol. The molecule has 2 heterocycles. The average Bonchev–Trinajstić information content (AvgIpc) is 2.93. The van der Waals surface area contributed by atoms with Crippen molar-refractivity contribution in [3.8, 4) is 11.3 Å². The SMILES string of the molecule is Cc1cc(-c2csc(C3CCNCC3)n2)ccc1F. The molecule has 2 nitrogen and oxygen atoms in total. The topological polar surface area (TPSA) is 24.9 Å². The fourth-order valence-electron chi connectivity index (χ4n) is 2.48. The molecule has 1 fully saturated rings. The zero-order chi connectivity index (χ0) is 13.2. The van der Waals surface area contributed by atoms with Crippen LogP contribution in [0.15, 0.2) is 23.6 Å². The summed E-state index contributed by atoms with van der Waals surface area (Å²) < 4.78 is 13.3. The van der Waals surface area contributed by atoms with Crippen molar-refractivity contribution in [1.29, 1.82) is 0 Å². The fraction of sp³-hybridized carbons (Fsp3) is 0.400. The number of nitrogens with zero attached hydrogens (tertiary/aromatic N) is 1. The van der Waals surface area contributed by atoms with Gasteiger partial charge in [-0.3, -0.25) is 0 Å². The lowest BCUT2D eigenvalue weighted by Crippen LogP contribution is -2.26. The van der Waals surface area contributed by atoms with E-state index in [1.165, 1.54) is 11.1 Å². The highest BCUT2D eigenvalue weighted by atomic mass is 32.1.